The molecule has 2 N–H and O–H groups in total. The molecule has 8 heteroatoms. The first-order chi connectivity index (χ1) is 35.9. The minimum Gasteiger partial charge on any atom is -0.507 e. The fourth-order valence-electron chi connectivity index (χ4n) is 11.3. The Hall–Kier alpha value is -4.66. The average Bonchev–Trinajstić information content (AvgIpc) is 3.34. The molecule has 0 spiro atoms. The van der Waals surface area contributed by atoms with Crippen LogP contribution in [0.2, 0.25) is 0 Å². The third-order valence-corrected chi connectivity index (χ3v) is 16.2. The molecule has 6 aromatic carbocycles. The van der Waals surface area contributed by atoms with Gasteiger partial charge in [0.15, 0.2) is 0 Å². The molecule has 0 unspecified atom stereocenters. The van der Waals surface area contributed by atoms with Crippen molar-refractivity contribution < 1.29 is 28.5 Å². The molecule has 0 saturated carbocycles. The number of rotatable bonds is 14. The number of phenolic OH excluding ortho intramolecular Hbond substituents is 2. The first-order valence-corrected chi connectivity index (χ1v) is 29.8. The van der Waals surface area contributed by atoms with Crippen LogP contribution < -0.4 is 9.47 Å². The van der Waals surface area contributed by atoms with Crippen LogP contribution >= 0.6 is 31.9 Å². The zero-order chi connectivity index (χ0) is 59.6. The summed E-state index contributed by atoms with van der Waals surface area (Å²) in [6.07, 6.45) is 2.08. The summed E-state index contributed by atoms with van der Waals surface area (Å²) in [7, 11) is 0. The quantitative estimate of drug-likeness (QED) is 0.107. The molecule has 0 radical (unpaired) electrons. The van der Waals surface area contributed by atoms with Crippen molar-refractivity contribution in [2.75, 3.05) is 13.2 Å². The average molecular weight is 1210 g/mol. The first-order valence-electron chi connectivity index (χ1n) is 28.2. The van der Waals surface area contributed by atoms with Crippen molar-refractivity contribution in [2.45, 2.75) is 204 Å². The molecule has 0 atom stereocenters. The van der Waals surface area contributed by atoms with Gasteiger partial charge in [-0.3, -0.25) is 0 Å². The zero-order valence-electron chi connectivity index (χ0n) is 51.8. The summed E-state index contributed by atoms with van der Waals surface area (Å²) in [5.74, 6) is -0.125. The molecule has 6 aromatic rings. The van der Waals surface area contributed by atoms with Gasteiger partial charge in [0.2, 0.25) is 0 Å². The molecule has 79 heavy (non-hydrogen) atoms. The molecule has 4 nitrogen and oxygen atoms in total. The van der Waals surface area contributed by atoms with E-state index in [9.17, 15) is 10.2 Å². The molecule has 0 fully saturated rings. The van der Waals surface area contributed by atoms with Crippen LogP contribution in [0.15, 0.2) is 93.9 Å². The number of hydrogen-bond acceptors (Lipinski definition) is 4. The van der Waals surface area contributed by atoms with Crippen LogP contribution in [-0.2, 0) is 32.5 Å². The minimum atomic E-state index is -0.481. The molecule has 0 aromatic heterocycles. The lowest BCUT2D eigenvalue weighted by atomic mass is 9.71. The van der Waals surface area contributed by atoms with Crippen LogP contribution in [0.3, 0.4) is 0 Å². The van der Waals surface area contributed by atoms with Gasteiger partial charge in [-0.15, -0.1) is 0 Å². The Kier molecular flexibility index (Phi) is 18.2. The number of aromatic hydroxyl groups is 2. The van der Waals surface area contributed by atoms with Gasteiger partial charge < -0.3 is 19.7 Å². The van der Waals surface area contributed by atoms with E-state index in [4.69, 9.17) is 9.47 Å². The second kappa shape index (κ2) is 22.6. The third-order valence-electron chi connectivity index (χ3n) is 15.1. The molecule has 0 aliphatic carbocycles. The molecular weight excluding hydrogens is 1110 g/mol. The Morgan fingerprint density at radius 3 is 0.899 bits per heavy atom. The van der Waals surface area contributed by atoms with Crippen molar-refractivity contribution in [1.82, 2.24) is 0 Å². The van der Waals surface area contributed by atoms with Gasteiger partial charge in [0.25, 0.3) is 0 Å². The SMILES string of the molecule is CC(C)(C)CC(C)(C)c1cc(-c2cc(C(C)(C)C)cc(C(C)(C)C)c2)c(O)c(-c2cc(F)cc(Br)c2OCCCOc2c(Br)cc(F)cc2-c2cc(C(C)(C)CC(C)(C)C)cc(-c3cc(C(C)(C)C)cc(C(C)(C)C)c3)c2O)c1. The molecule has 0 amide bonds. The highest BCUT2D eigenvalue weighted by molar-refractivity contribution is 9.11. The van der Waals surface area contributed by atoms with E-state index in [-0.39, 0.29) is 68.0 Å². The van der Waals surface area contributed by atoms with Crippen LogP contribution in [0.1, 0.15) is 205 Å². The van der Waals surface area contributed by atoms with E-state index < -0.39 is 11.6 Å². The Morgan fingerprint density at radius 1 is 0.354 bits per heavy atom. The van der Waals surface area contributed by atoms with Gasteiger partial charge in [-0.05, 0) is 181 Å². The molecule has 0 bridgehead atoms. The predicted molar refractivity (Wildman–Crippen MR) is 338 cm³/mol. The molecule has 6 rings (SSSR count). The lowest BCUT2D eigenvalue weighted by Gasteiger charge is -2.34. The van der Waals surface area contributed by atoms with E-state index in [1.165, 1.54) is 24.3 Å². The van der Waals surface area contributed by atoms with E-state index in [2.05, 4.69) is 233 Å². The van der Waals surface area contributed by atoms with Crippen molar-refractivity contribution in [3.05, 3.63) is 139 Å². The standard InChI is InChI=1S/C71H92Br2F2O4/c1-64(2,3)40-70(19,20)48-32-52(42-26-44(66(7,8)9)30-45(27-42)67(10,11)12)60(76)54(34-48)56-36-50(74)38-58(72)62(56)78-24-23-25-79-63-57(37-51(75)39-59(63)73)55-35-49(71(21,22)41-65(4,5)6)33-53(61(55)77)43-28-46(68(13,14)15)31-47(29-43)69(16,17)18/h26-39,76-77H,23-25,40-41H2,1-22H3. The minimum absolute atomic E-state index is 0.0127. The van der Waals surface area contributed by atoms with Gasteiger partial charge in [0.1, 0.15) is 34.6 Å². The highest BCUT2D eigenvalue weighted by Gasteiger charge is 2.34. The maximum absolute atomic E-state index is 15.9. The third kappa shape index (κ3) is 15.5. The van der Waals surface area contributed by atoms with Crippen molar-refractivity contribution in [1.29, 1.82) is 0 Å². The molecule has 0 saturated heterocycles. The van der Waals surface area contributed by atoms with Crippen LogP contribution in [0.5, 0.6) is 23.0 Å². The monoisotopic (exact) mass is 1200 g/mol. The van der Waals surface area contributed by atoms with Crippen LogP contribution in [0.4, 0.5) is 8.78 Å². The topological polar surface area (TPSA) is 58.9 Å². The largest absolute Gasteiger partial charge is 0.507 e. The number of hydrogen-bond donors (Lipinski definition) is 2. The van der Waals surface area contributed by atoms with Crippen molar-refractivity contribution in [3.63, 3.8) is 0 Å². The summed E-state index contributed by atoms with van der Waals surface area (Å²) in [4.78, 5) is 0. The lowest BCUT2D eigenvalue weighted by molar-refractivity contribution is 0.246. The van der Waals surface area contributed by atoms with E-state index >= 15 is 8.78 Å². The van der Waals surface area contributed by atoms with E-state index in [1.807, 2.05) is 12.1 Å². The Morgan fingerprint density at radius 2 is 0.633 bits per heavy atom. The fourth-order valence-corrected chi connectivity index (χ4v) is 12.4. The number of benzene rings is 6. The summed E-state index contributed by atoms with van der Waals surface area (Å²) in [5, 5.41) is 25.3. The molecular formula is C71H92Br2F2O4. The molecule has 0 aliphatic rings. The maximum atomic E-state index is 15.9. The molecule has 428 valence electrons. The van der Waals surface area contributed by atoms with Gasteiger partial charge in [-0.2, -0.15) is 0 Å². The van der Waals surface area contributed by atoms with E-state index in [1.54, 1.807) is 0 Å². The Labute approximate surface area is 491 Å². The highest BCUT2D eigenvalue weighted by Crippen LogP contribution is 2.52. The zero-order valence-corrected chi connectivity index (χ0v) is 55.0. The second-order valence-corrected chi connectivity index (χ2v) is 32.0. The molecule has 0 heterocycles. The van der Waals surface area contributed by atoms with Gasteiger partial charge in [0.05, 0.1) is 22.2 Å². The summed E-state index contributed by atoms with van der Waals surface area (Å²) in [6, 6.07) is 27.1. The summed E-state index contributed by atoms with van der Waals surface area (Å²) < 4.78 is 45.8. The van der Waals surface area contributed by atoms with Gasteiger partial charge in [-0.25, -0.2) is 8.78 Å². The van der Waals surface area contributed by atoms with Gasteiger partial charge in [-0.1, -0.05) is 189 Å². The predicted octanol–water partition coefficient (Wildman–Crippen LogP) is 22.0. The summed E-state index contributed by atoms with van der Waals surface area (Å²) in [6.45, 7) is 49.1. The van der Waals surface area contributed by atoms with Crippen molar-refractivity contribution in [2.24, 2.45) is 10.8 Å². The van der Waals surface area contributed by atoms with Crippen LogP contribution in [0, 0.1) is 22.5 Å². The number of ether oxygens (including phenoxy) is 2. The van der Waals surface area contributed by atoms with Crippen molar-refractivity contribution in [3.8, 4) is 67.5 Å². The normalized spacial score (nSPS) is 13.3. The lowest BCUT2D eigenvalue weighted by Crippen LogP contribution is -2.25. The van der Waals surface area contributed by atoms with Crippen LogP contribution in [0.25, 0.3) is 44.5 Å². The van der Waals surface area contributed by atoms with Crippen LogP contribution in [-0.4, -0.2) is 23.4 Å². The highest BCUT2D eigenvalue weighted by atomic mass is 79.9. The van der Waals surface area contributed by atoms with Gasteiger partial charge >= 0.3 is 0 Å². The summed E-state index contributed by atoms with van der Waals surface area (Å²) in [5.41, 5.74) is 10.1. The Bertz CT molecular complexity index is 2930. The van der Waals surface area contributed by atoms with Gasteiger partial charge in [0, 0.05) is 39.8 Å². The molecule has 0 aliphatic heterocycles. The fraction of sp³-hybridized carbons (Fsp3) is 0.493. The number of phenols is 2. The smallest absolute Gasteiger partial charge is 0.141 e. The van der Waals surface area contributed by atoms with E-state index in [0.29, 0.717) is 60.2 Å². The number of halogens is 4. The first kappa shape index (κ1) is 63.5. The summed E-state index contributed by atoms with van der Waals surface area (Å²) >= 11 is 7.30. The maximum Gasteiger partial charge on any atom is 0.141 e. The second-order valence-electron chi connectivity index (χ2n) is 30.3. The van der Waals surface area contributed by atoms with Crippen molar-refractivity contribution >= 4 is 31.9 Å². The Balaban J connectivity index is 1.43. The van der Waals surface area contributed by atoms with E-state index in [0.717, 1.165) is 57.3 Å².